The molecule has 0 unspecified atom stereocenters. The van der Waals surface area contributed by atoms with Crippen LogP contribution in [-0.4, -0.2) is 37.0 Å². The largest absolute Gasteiger partial charge is 0.493 e. The summed E-state index contributed by atoms with van der Waals surface area (Å²) in [6.45, 7) is 0.510. The quantitative estimate of drug-likeness (QED) is 0.543. The molecule has 0 atom stereocenters. The van der Waals surface area contributed by atoms with Crippen LogP contribution in [0.25, 0.3) is 6.08 Å². The summed E-state index contributed by atoms with van der Waals surface area (Å²) >= 11 is 5.92. The number of anilines is 1. The monoisotopic (exact) mass is 427 g/mol. The molecule has 0 aliphatic carbocycles. The third kappa shape index (κ3) is 5.12. The van der Waals surface area contributed by atoms with E-state index in [9.17, 15) is 4.79 Å². The van der Waals surface area contributed by atoms with Gasteiger partial charge in [0, 0.05) is 17.2 Å². The standard InChI is InChI=1S/C22H22ClN3O4/c1-28-18-12-16(13-19(29-2)22(18)30-3)6-9-21(27)25-20-10-11-24-26(20)14-15-4-7-17(23)8-5-15/h4-13H,14H2,1-3H3,(H,25,27)/b9-6+. The molecule has 30 heavy (non-hydrogen) atoms. The topological polar surface area (TPSA) is 74.6 Å². The zero-order valence-corrected chi connectivity index (χ0v) is 17.6. The van der Waals surface area contributed by atoms with Gasteiger partial charge in [0.1, 0.15) is 5.82 Å². The second-order valence-corrected chi connectivity index (χ2v) is 6.72. The number of aromatic nitrogens is 2. The average molecular weight is 428 g/mol. The van der Waals surface area contributed by atoms with Crippen molar-refractivity contribution in [3.8, 4) is 17.2 Å². The van der Waals surface area contributed by atoms with Gasteiger partial charge in [0.25, 0.3) is 0 Å². The van der Waals surface area contributed by atoms with Gasteiger partial charge in [-0.3, -0.25) is 4.79 Å². The summed E-state index contributed by atoms with van der Waals surface area (Å²) < 4.78 is 17.7. The summed E-state index contributed by atoms with van der Waals surface area (Å²) in [4.78, 5) is 12.4. The molecule has 2 aromatic carbocycles. The molecule has 0 bridgehead atoms. The van der Waals surface area contributed by atoms with E-state index in [1.54, 1.807) is 49.4 Å². The maximum Gasteiger partial charge on any atom is 0.249 e. The molecule has 156 valence electrons. The maximum absolute atomic E-state index is 12.4. The predicted octanol–water partition coefficient (Wildman–Crippen LogP) is 4.26. The van der Waals surface area contributed by atoms with E-state index in [0.29, 0.717) is 34.6 Å². The Morgan fingerprint density at radius 3 is 2.33 bits per heavy atom. The molecule has 0 aliphatic rings. The van der Waals surface area contributed by atoms with Crippen molar-refractivity contribution < 1.29 is 19.0 Å². The first-order chi connectivity index (χ1) is 14.5. The van der Waals surface area contributed by atoms with Crippen molar-refractivity contribution in [3.05, 3.63) is 70.9 Å². The van der Waals surface area contributed by atoms with Crippen LogP contribution in [0.4, 0.5) is 5.82 Å². The van der Waals surface area contributed by atoms with Crippen LogP contribution in [0.15, 0.2) is 54.7 Å². The summed E-state index contributed by atoms with van der Waals surface area (Å²) in [6, 6.07) is 12.7. The second kappa shape index (κ2) is 9.84. The number of nitrogens with one attached hydrogen (secondary N) is 1. The fourth-order valence-corrected chi connectivity index (χ4v) is 2.99. The van der Waals surface area contributed by atoms with Crippen molar-refractivity contribution in [3.63, 3.8) is 0 Å². The third-order valence-corrected chi connectivity index (χ3v) is 4.58. The van der Waals surface area contributed by atoms with Gasteiger partial charge in [0.2, 0.25) is 11.7 Å². The first-order valence-electron chi connectivity index (χ1n) is 9.09. The number of methoxy groups -OCH3 is 3. The van der Waals surface area contributed by atoms with Gasteiger partial charge in [-0.2, -0.15) is 5.10 Å². The Morgan fingerprint density at radius 2 is 1.73 bits per heavy atom. The highest BCUT2D eigenvalue weighted by molar-refractivity contribution is 6.30. The molecular formula is C22H22ClN3O4. The zero-order chi connectivity index (χ0) is 21.5. The maximum atomic E-state index is 12.4. The lowest BCUT2D eigenvalue weighted by atomic mass is 10.1. The molecule has 0 saturated heterocycles. The molecule has 1 amide bonds. The van der Waals surface area contributed by atoms with Crippen LogP contribution >= 0.6 is 11.6 Å². The summed E-state index contributed by atoms with van der Waals surface area (Å²) in [5.74, 6) is 1.81. The summed E-state index contributed by atoms with van der Waals surface area (Å²) in [7, 11) is 4.62. The van der Waals surface area contributed by atoms with Gasteiger partial charge in [0.05, 0.1) is 34.1 Å². The van der Waals surface area contributed by atoms with Crippen LogP contribution in [0.2, 0.25) is 5.02 Å². The van der Waals surface area contributed by atoms with E-state index in [0.717, 1.165) is 11.1 Å². The van der Waals surface area contributed by atoms with E-state index in [2.05, 4.69) is 10.4 Å². The number of amides is 1. The minimum absolute atomic E-state index is 0.290. The lowest BCUT2D eigenvalue weighted by Crippen LogP contribution is -2.13. The Kier molecular flexibility index (Phi) is 6.98. The number of ether oxygens (including phenoxy) is 3. The van der Waals surface area contributed by atoms with Gasteiger partial charge in [-0.05, 0) is 41.5 Å². The summed E-state index contributed by atoms with van der Waals surface area (Å²) in [5, 5.41) is 7.77. The Balaban J connectivity index is 1.71. The first-order valence-corrected chi connectivity index (χ1v) is 9.47. The van der Waals surface area contributed by atoms with E-state index in [1.807, 2.05) is 24.3 Å². The van der Waals surface area contributed by atoms with Gasteiger partial charge in [-0.15, -0.1) is 0 Å². The fourth-order valence-electron chi connectivity index (χ4n) is 2.86. The van der Waals surface area contributed by atoms with Crippen LogP contribution in [0.1, 0.15) is 11.1 Å². The highest BCUT2D eigenvalue weighted by Gasteiger charge is 2.12. The Bertz CT molecular complexity index is 1020. The first kappa shape index (κ1) is 21.3. The Labute approximate surface area is 179 Å². The lowest BCUT2D eigenvalue weighted by Gasteiger charge is -2.12. The van der Waals surface area contributed by atoms with Crippen molar-refractivity contribution in [2.75, 3.05) is 26.6 Å². The molecule has 3 rings (SSSR count). The van der Waals surface area contributed by atoms with Crippen LogP contribution < -0.4 is 19.5 Å². The number of rotatable bonds is 8. The minimum atomic E-state index is -0.290. The number of carbonyl (C=O) groups excluding carboxylic acids is 1. The van der Waals surface area contributed by atoms with Gasteiger partial charge < -0.3 is 19.5 Å². The van der Waals surface area contributed by atoms with E-state index < -0.39 is 0 Å². The molecule has 1 heterocycles. The van der Waals surface area contributed by atoms with E-state index >= 15 is 0 Å². The smallest absolute Gasteiger partial charge is 0.249 e. The number of hydrogen-bond donors (Lipinski definition) is 1. The van der Waals surface area contributed by atoms with Crippen LogP contribution in [0, 0.1) is 0 Å². The van der Waals surface area contributed by atoms with Crippen molar-refractivity contribution in [2.45, 2.75) is 6.54 Å². The molecule has 7 nitrogen and oxygen atoms in total. The normalized spacial score (nSPS) is 10.8. The number of halogens is 1. The van der Waals surface area contributed by atoms with E-state index in [4.69, 9.17) is 25.8 Å². The van der Waals surface area contributed by atoms with Crippen molar-refractivity contribution >= 4 is 29.4 Å². The average Bonchev–Trinajstić information content (AvgIpc) is 3.19. The summed E-state index contributed by atoms with van der Waals surface area (Å²) in [6.07, 6.45) is 4.73. The molecule has 0 aliphatic heterocycles. The second-order valence-electron chi connectivity index (χ2n) is 6.28. The molecular weight excluding hydrogens is 406 g/mol. The Morgan fingerprint density at radius 1 is 1.07 bits per heavy atom. The van der Waals surface area contributed by atoms with Gasteiger partial charge >= 0.3 is 0 Å². The highest BCUT2D eigenvalue weighted by atomic mass is 35.5. The Hall–Kier alpha value is -3.45. The molecule has 3 aromatic rings. The molecule has 8 heteroatoms. The number of carbonyl (C=O) groups is 1. The molecule has 0 spiro atoms. The number of nitrogens with zero attached hydrogens (tertiary/aromatic N) is 2. The van der Waals surface area contributed by atoms with Crippen molar-refractivity contribution in [2.24, 2.45) is 0 Å². The summed E-state index contributed by atoms with van der Waals surface area (Å²) in [5.41, 5.74) is 1.75. The number of hydrogen-bond acceptors (Lipinski definition) is 5. The van der Waals surface area contributed by atoms with Crippen LogP contribution in [0.5, 0.6) is 17.2 Å². The molecule has 0 saturated carbocycles. The molecule has 0 fully saturated rings. The fraction of sp³-hybridized carbons (Fsp3) is 0.182. The zero-order valence-electron chi connectivity index (χ0n) is 16.9. The lowest BCUT2D eigenvalue weighted by molar-refractivity contribution is -0.111. The number of benzene rings is 2. The van der Waals surface area contributed by atoms with Gasteiger partial charge in [-0.1, -0.05) is 23.7 Å². The predicted molar refractivity (Wildman–Crippen MR) is 117 cm³/mol. The van der Waals surface area contributed by atoms with E-state index in [1.165, 1.54) is 13.2 Å². The van der Waals surface area contributed by atoms with Gasteiger partial charge in [-0.25, -0.2) is 4.68 Å². The SMILES string of the molecule is COc1cc(/C=C/C(=O)Nc2ccnn2Cc2ccc(Cl)cc2)cc(OC)c1OC. The van der Waals surface area contributed by atoms with Crippen molar-refractivity contribution in [1.29, 1.82) is 0 Å². The third-order valence-electron chi connectivity index (χ3n) is 4.33. The van der Waals surface area contributed by atoms with Crippen LogP contribution in [-0.2, 0) is 11.3 Å². The minimum Gasteiger partial charge on any atom is -0.493 e. The van der Waals surface area contributed by atoms with Crippen LogP contribution in [0.3, 0.4) is 0 Å². The van der Waals surface area contributed by atoms with Crippen molar-refractivity contribution in [1.82, 2.24) is 9.78 Å². The van der Waals surface area contributed by atoms with E-state index in [-0.39, 0.29) is 5.91 Å². The molecule has 0 radical (unpaired) electrons. The van der Waals surface area contributed by atoms with Gasteiger partial charge in [0.15, 0.2) is 11.5 Å². The molecule has 1 aromatic heterocycles. The highest BCUT2D eigenvalue weighted by Crippen LogP contribution is 2.38. The molecule has 1 N–H and O–H groups in total.